The first-order valence-electron chi connectivity index (χ1n) is 10.3. The molecule has 152 valence electrons. The van der Waals surface area contributed by atoms with Crippen LogP contribution in [0.15, 0.2) is 12.2 Å². The van der Waals surface area contributed by atoms with Crippen molar-refractivity contribution in [2.45, 2.75) is 96.8 Å². The van der Waals surface area contributed by atoms with Gasteiger partial charge in [-0.1, -0.05) is 89.7 Å². The van der Waals surface area contributed by atoms with E-state index in [0.717, 1.165) is 12.8 Å². The van der Waals surface area contributed by atoms with E-state index in [1.54, 1.807) is 6.08 Å². The summed E-state index contributed by atoms with van der Waals surface area (Å²) in [5, 5.41) is 0. The quantitative estimate of drug-likeness (QED) is 0.103. The SMILES string of the molecule is CCCCCCCCCCCCCCC=CC(CC(=O)NN)C(=O)NN. The summed E-state index contributed by atoms with van der Waals surface area (Å²) in [5.74, 6) is 8.87. The Morgan fingerprint density at radius 1 is 0.808 bits per heavy atom. The van der Waals surface area contributed by atoms with E-state index in [4.69, 9.17) is 11.7 Å². The Hall–Kier alpha value is -1.40. The molecule has 1 atom stereocenters. The van der Waals surface area contributed by atoms with Crippen LogP contribution in [-0.4, -0.2) is 11.8 Å². The van der Waals surface area contributed by atoms with Crippen LogP contribution in [0.1, 0.15) is 96.8 Å². The van der Waals surface area contributed by atoms with Gasteiger partial charge < -0.3 is 0 Å². The van der Waals surface area contributed by atoms with E-state index >= 15 is 0 Å². The number of amides is 2. The minimum absolute atomic E-state index is 0.00841. The summed E-state index contributed by atoms with van der Waals surface area (Å²) in [6.07, 6.45) is 20.5. The summed E-state index contributed by atoms with van der Waals surface area (Å²) < 4.78 is 0. The summed E-state index contributed by atoms with van der Waals surface area (Å²) in [6, 6.07) is 0. The predicted molar refractivity (Wildman–Crippen MR) is 108 cm³/mol. The molecule has 0 aliphatic carbocycles. The Morgan fingerprint density at radius 2 is 1.31 bits per heavy atom. The molecular formula is C20H40N4O2. The van der Waals surface area contributed by atoms with Gasteiger partial charge in [0.2, 0.25) is 11.8 Å². The van der Waals surface area contributed by atoms with E-state index in [-0.39, 0.29) is 18.2 Å². The fraction of sp³-hybridized carbons (Fsp3) is 0.800. The summed E-state index contributed by atoms with van der Waals surface area (Å²) >= 11 is 0. The van der Waals surface area contributed by atoms with Gasteiger partial charge in [-0.15, -0.1) is 0 Å². The second kappa shape index (κ2) is 18.4. The van der Waals surface area contributed by atoms with Crippen LogP contribution in [0.2, 0.25) is 0 Å². The van der Waals surface area contributed by atoms with Crippen LogP contribution >= 0.6 is 0 Å². The number of hydrazine groups is 2. The van der Waals surface area contributed by atoms with E-state index in [2.05, 4.69) is 12.3 Å². The van der Waals surface area contributed by atoms with Crippen LogP contribution in [0, 0.1) is 5.92 Å². The van der Waals surface area contributed by atoms with Gasteiger partial charge in [0.25, 0.3) is 0 Å². The standard InChI is InChI=1S/C20H40N4O2/c1-2-3-4-5-6-7-8-9-10-11-12-13-14-15-16-18(20(26)24-22)17-19(25)23-21/h15-16,18H,2-14,17,21-22H2,1H3,(H,23,25)(H,24,26). The molecule has 0 aromatic heterocycles. The Balaban J connectivity index is 3.60. The smallest absolute Gasteiger partial charge is 0.241 e. The zero-order valence-electron chi connectivity index (χ0n) is 16.6. The molecule has 0 fully saturated rings. The van der Waals surface area contributed by atoms with Crippen molar-refractivity contribution in [1.29, 1.82) is 0 Å². The number of hydrogen-bond donors (Lipinski definition) is 4. The van der Waals surface area contributed by atoms with Crippen LogP contribution in [0.4, 0.5) is 0 Å². The van der Waals surface area contributed by atoms with E-state index < -0.39 is 5.92 Å². The maximum absolute atomic E-state index is 11.6. The van der Waals surface area contributed by atoms with Crippen LogP contribution in [0.3, 0.4) is 0 Å². The van der Waals surface area contributed by atoms with Crippen molar-refractivity contribution in [2.75, 3.05) is 0 Å². The van der Waals surface area contributed by atoms with E-state index in [1.807, 2.05) is 11.5 Å². The molecule has 0 saturated carbocycles. The third-order valence-electron chi connectivity index (χ3n) is 4.64. The minimum Gasteiger partial charge on any atom is -0.294 e. The first-order chi connectivity index (χ1) is 12.7. The van der Waals surface area contributed by atoms with Gasteiger partial charge in [-0.2, -0.15) is 0 Å². The summed E-state index contributed by atoms with van der Waals surface area (Å²) in [6.45, 7) is 2.26. The lowest BCUT2D eigenvalue weighted by Gasteiger charge is -2.09. The molecule has 2 amide bonds. The molecule has 0 aromatic rings. The van der Waals surface area contributed by atoms with Gasteiger partial charge in [0.1, 0.15) is 0 Å². The van der Waals surface area contributed by atoms with Crippen LogP contribution in [-0.2, 0) is 9.59 Å². The number of unbranched alkanes of at least 4 members (excludes halogenated alkanes) is 12. The monoisotopic (exact) mass is 368 g/mol. The molecule has 0 aromatic carbocycles. The zero-order chi connectivity index (χ0) is 19.5. The van der Waals surface area contributed by atoms with Crippen molar-refractivity contribution in [3.63, 3.8) is 0 Å². The molecule has 0 saturated heterocycles. The summed E-state index contributed by atoms with van der Waals surface area (Å²) in [5.41, 5.74) is 4.12. The summed E-state index contributed by atoms with van der Waals surface area (Å²) in [7, 11) is 0. The fourth-order valence-electron chi connectivity index (χ4n) is 2.98. The molecule has 0 spiro atoms. The van der Waals surface area contributed by atoms with Gasteiger partial charge in [-0.05, 0) is 12.8 Å². The number of hydrogen-bond acceptors (Lipinski definition) is 4. The molecule has 0 rings (SSSR count). The zero-order valence-corrected chi connectivity index (χ0v) is 16.6. The normalized spacial score (nSPS) is 12.3. The second-order valence-electron chi connectivity index (χ2n) is 6.99. The Morgan fingerprint density at radius 3 is 1.77 bits per heavy atom. The fourth-order valence-corrected chi connectivity index (χ4v) is 2.98. The van der Waals surface area contributed by atoms with Crippen molar-refractivity contribution in [1.82, 2.24) is 10.9 Å². The Kier molecular flexibility index (Phi) is 17.4. The molecule has 1 unspecified atom stereocenters. The van der Waals surface area contributed by atoms with E-state index in [1.165, 1.54) is 70.6 Å². The van der Waals surface area contributed by atoms with Crippen LogP contribution in [0.5, 0.6) is 0 Å². The number of carbonyl (C=O) groups is 2. The third-order valence-corrected chi connectivity index (χ3v) is 4.64. The number of nitrogens with two attached hydrogens (primary N) is 2. The van der Waals surface area contributed by atoms with Gasteiger partial charge in [0.15, 0.2) is 0 Å². The number of carbonyl (C=O) groups excluding carboxylic acids is 2. The highest BCUT2D eigenvalue weighted by Gasteiger charge is 2.17. The maximum Gasteiger partial charge on any atom is 0.241 e. The topological polar surface area (TPSA) is 110 Å². The number of allylic oxidation sites excluding steroid dienone is 1. The molecule has 0 aliphatic rings. The maximum atomic E-state index is 11.6. The van der Waals surface area contributed by atoms with Crippen molar-refractivity contribution in [2.24, 2.45) is 17.6 Å². The molecule has 0 bridgehead atoms. The van der Waals surface area contributed by atoms with Crippen molar-refractivity contribution >= 4 is 11.8 Å². The highest BCUT2D eigenvalue weighted by Crippen LogP contribution is 2.13. The minimum atomic E-state index is -0.569. The number of nitrogens with one attached hydrogen (secondary N) is 2. The van der Waals surface area contributed by atoms with E-state index in [9.17, 15) is 9.59 Å². The molecular weight excluding hydrogens is 328 g/mol. The highest BCUT2D eigenvalue weighted by molar-refractivity contribution is 5.86. The molecule has 0 aliphatic heterocycles. The molecule has 0 heterocycles. The lowest BCUT2D eigenvalue weighted by atomic mass is 10.0. The molecule has 6 nitrogen and oxygen atoms in total. The molecule has 6 N–H and O–H groups in total. The lowest BCUT2D eigenvalue weighted by molar-refractivity contribution is -0.129. The predicted octanol–water partition coefficient (Wildman–Crippen LogP) is 3.62. The number of rotatable bonds is 17. The van der Waals surface area contributed by atoms with Crippen LogP contribution < -0.4 is 22.5 Å². The van der Waals surface area contributed by atoms with Crippen molar-refractivity contribution in [3.05, 3.63) is 12.2 Å². The van der Waals surface area contributed by atoms with Crippen molar-refractivity contribution in [3.8, 4) is 0 Å². The lowest BCUT2D eigenvalue weighted by Crippen LogP contribution is -2.39. The average Bonchev–Trinajstić information content (AvgIpc) is 2.66. The van der Waals surface area contributed by atoms with Gasteiger partial charge in [-0.3, -0.25) is 20.4 Å². The third kappa shape index (κ3) is 14.9. The Bertz CT molecular complexity index is 386. The molecule has 0 radical (unpaired) electrons. The second-order valence-corrected chi connectivity index (χ2v) is 6.99. The van der Waals surface area contributed by atoms with Gasteiger partial charge in [0.05, 0.1) is 5.92 Å². The van der Waals surface area contributed by atoms with Crippen molar-refractivity contribution < 1.29 is 9.59 Å². The first kappa shape index (κ1) is 24.6. The molecule has 6 heteroatoms. The summed E-state index contributed by atoms with van der Waals surface area (Å²) in [4.78, 5) is 22.9. The van der Waals surface area contributed by atoms with Gasteiger partial charge >= 0.3 is 0 Å². The van der Waals surface area contributed by atoms with E-state index in [0.29, 0.717) is 0 Å². The average molecular weight is 369 g/mol. The Labute approximate surface area is 159 Å². The van der Waals surface area contributed by atoms with Crippen LogP contribution in [0.25, 0.3) is 0 Å². The molecule has 26 heavy (non-hydrogen) atoms. The van der Waals surface area contributed by atoms with Gasteiger partial charge in [0, 0.05) is 6.42 Å². The largest absolute Gasteiger partial charge is 0.294 e. The highest BCUT2D eigenvalue weighted by atomic mass is 16.2. The van der Waals surface area contributed by atoms with Gasteiger partial charge in [-0.25, -0.2) is 11.7 Å². The first-order valence-corrected chi connectivity index (χ1v) is 10.3.